The van der Waals surface area contributed by atoms with Crippen molar-refractivity contribution in [2.24, 2.45) is 0 Å². The second kappa shape index (κ2) is 6.62. The van der Waals surface area contributed by atoms with E-state index in [4.69, 9.17) is 21.1 Å². The summed E-state index contributed by atoms with van der Waals surface area (Å²) in [5.41, 5.74) is -0.151. The number of anilines is 1. The molecular formula is C15H12ClF2NO3. The van der Waals surface area contributed by atoms with Crippen molar-refractivity contribution >= 4 is 23.2 Å². The Bertz CT molecular complexity index is 722. The fourth-order valence-electron chi connectivity index (χ4n) is 1.84. The lowest BCUT2D eigenvalue weighted by molar-refractivity contribution is 0.102. The van der Waals surface area contributed by atoms with Crippen LogP contribution >= 0.6 is 11.6 Å². The number of carbonyl (C=O) groups excluding carboxylic acids is 1. The molecular weight excluding hydrogens is 316 g/mol. The number of benzene rings is 2. The quantitative estimate of drug-likeness (QED) is 0.926. The molecule has 0 saturated heterocycles. The molecule has 2 rings (SSSR count). The number of hydrogen-bond acceptors (Lipinski definition) is 3. The summed E-state index contributed by atoms with van der Waals surface area (Å²) in [4.78, 5) is 12.1. The SMILES string of the molecule is COc1cc(C(=O)Nc2cc(F)ccc2F)cc(Cl)c1OC. The fraction of sp³-hybridized carbons (Fsp3) is 0.133. The molecule has 0 unspecified atom stereocenters. The Kier molecular flexibility index (Phi) is 4.82. The van der Waals surface area contributed by atoms with Crippen LogP contribution in [0.2, 0.25) is 5.02 Å². The van der Waals surface area contributed by atoms with Crippen molar-refractivity contribution in [2.45, 2.75) is 0 Å². The molecule has 0 radical (unpaired) electrons. The smallest absolute Gasteiger partial charge is 0.255 e. The lowest BCUT2D eigenvalue weighted by Crippen LogP contribution is -2.13. The third-order valence-corrected chi connectivity index (χ3v) is 3.15. The minimum absolute atomic E-state index is 0.117. The number of methoxy groups -OCH3 is 2. The summed E-state index contributed by atoms with van der Waals surface area (Å²) >= 11 is 6.00. The second-order valence-corrected chi connectivity index (χ2v) is 4.68. The maximum Gasteiger partial charge on any atom is 0.255 e. The average molecular weight is 328 g/mol. The first-order valence-electron chi connectivity index (χ1n) is 6.14. The zero-order chi connectivity index (χ0) is 16.3. The first-order chi connectivity index (χ1) is 10.5. The summed E-state index contributed by atoms with van der Waals surface area (Å²) in [5, 5.41) is 2.43. The zero-order valence-corrected chi connectivity index (χ0v) is 12.5. The minimum Gasteiger partial charge on any atom is -0.493 e. The molecule has 2 aromatic rings. The van der Waals surface area contributed by atoms with Crippen molar-refractivity contribution in [1.29, 1.82) is 0 Å². The monoisotopic (exact) mass is 327 g/mol. The minimum atomic E-state index is -0.749. The molecule has 4 nitrogen and oxygen atoms in total. The van der Waals surface area contributed by atoms with Gasteiger partial charge in [0, 0.05) is 11.6 Å². The van der Waals surface area contributed by atoms with Crippen LogP contribution in [0, 0.1) is 11.6 Å². The van der Waals surface area contributed by atoms with E-state index >= 15 is 0 Å². The van der Waals surface area contributed by atoms with Crippen molar-refractivity contribution in [3.05, 3.63) is 52.6 Å². The number of rotatable bonds is 4. The Hall–Kier alpha value is -2.34. The van der Waals surface area contributed by atoms with Crippen molar-refractivity contribution in [2.75, 3.05) is 19.5 Å². The average Bonchev–Trinajstić information content (AvgIpc) is 2.49. The van der Waals surface area contributed by atoms with Crippen molar-refractivity contribution < 1.29 is 23.0 Å². The largest absolute Gasteiger partial charge is 0.493 e. The highest BCUT2D eigenvalue weighted by molar-refractivity contribution is 6.32. The molecule has 2 aromatic carbocycles. The van der Waals surface area contributed by atoms with Gasteiger partial charge in [0.25, 0.3) is 5.91 Å². The maximum absolute atomic E-state index is 13.5. The molecule has 1 N–H and O–H groups in total. The molecule has 0 atom stereocenters. The maximum atomic E-state index is 13.5. The normalized spacial score (nSPS) is 10.2. The van der Waals surface area contributed by atoms with Gasteiger partial charge in [-0.05, 0) is 24.3 Å². The second-order valence-electron chi connectivity index (χ2n) is 4.27. The number of halogens is 3. The molecule has 0 aromatic heterocycles. The molecule has 0 heterocycles. The molecule has 7 heteroatoms. The third kappa shape index (κ3) is 3.28. The van der Waals surface area contributed by atoms with Gasteiger partial charge in [-0.15, -0.1) is 0 Å². The molecule has 1 amide bonds. The van der Waals surface area contributed by atoms with Gasteiger partial charge in [0.05, 0.1) is 24.9 Å². The Balaban J connectivity index is 2.34. The molecule has 0 aliphatic rings. The van der Waals surface area contributed by atoms with Crippen LogP contribution in [-0.2, 0) is 0 Å². The number of amides is 1. The first kappa shape index (κ1) is 16.0. The number of carbonyl (C=O) groups is 1. The van der Waals surface area contributed by atoms with Crippen molar-refractivity contribution in [3.8, 4) is 11.5 Å². The van der Waals surface area contributed by atoms with Crippen LogP contribution in [0.3, 0.4) is 0 Å². The Morgan fingerprint density at radius 3 is 2.50 bits per heavy atom. The molecule has 0 aliphatic heterocycles. The van der Waals surface area contributed by atoms with Crippen LogP contribution < -0.4 is 14.8 Å². The van der Waals surface area contributed by atoms with E-state index in [0.717, 1.165) is 18.2 Å². The predicted octanol–water partition coefficient (Wildman–Crippen LogP) is 3.89. The van der Waals surface area contributed by atoms with Crippen LogP contribution in [0.15, 0.2) is 30.3 Å². The molecule has 0 aliphatic carbocycles. The molecule has 22 heavy (non-hydrogen) atoms. The van der Waals surface area contributed by atoms with E-state index in [1.54, 1.807) is 0 Å². The van der Waals surface area contributed by atoms with E-state index in [2.05, 4.69) is 5.32 Å². The van der Waals surface area contributed by atoms with Crippen molar-refractivity contribution in [1.82, 2.24) is 0 Å². The van der Waals surface area contributed by atoms with Gasteiger partial charge in [0.1, 0.15) is 11.6 Å². The highest BCUT2D eigenvalue weighted by Crippen LogP contribution is 2.36. The summed E-state index contributed by atoms with van der Waals surface area (Å²) in [7, 11) is 2.80. The van der Waals surface area contributed by atoms with E-state index in [0.29, 0.717) is 0 Å². The predicted molar refractivity (Wildman–Crippen MR) is 78.9 cm³/mol. The Morgan fingerprint density at radius 1 is 1.14 bits per heavy atom. The van der Waals surface area contributed by atoms with E-state index in [-0.39, 0.29) is 27.8 Å². The number of hydrogen-bond donors (Lipinski definition) is 1. The first-order valence-corrected chi connectivity index (χ1v) is 6.52. The lowest BCUT2D eigenvalue weighted by Gasteiger charge is -2.12. The molecule has 0 fully saturated rings. The van der Waals surface area contributed by atoms with Gasteiger partial charge in [-0.2, -0.15) is 0 Å². The van der Waals surface area contributed by atoms with E-state index in [1.807, 2.05) is 0 Å². The summed E-state index contributed by atoms with van der Waals surface area (Å²) < 4.78 is 36.8. The summed E-state index contributed by atoms with van der Waals surface area (Å²) in [6.07, 6.45) is 0. The van der Waals surface area contributed by atoms with E-state index in [9.17, 15) is 13.6 Å². The van der Waals surface area contributed by atoms with Crippen LogP contribution in [-0.4, -0.2) is 20.1 Å². The topological polar surface area (TPSA) is 47.6 Å². The van der Waals surface area contributed by atoms with E-state index in [1.165, 1.54) is 26.4 Å². The molecule has 0 spiro atoms. The summed E-state index contributed by atoms with van der Waals surface area (Å²) in [6.45, 7) is 0. The third-order valence-electron chi connectivity index (χ3n) is 2.87. The van der Waals surface area contributed by atoms with Gasteiger partial charge in [-0.1, -0.05) is 11.6 Å². The van der Waals surface area contributed by atoms with Crippen LogP contribution in [0.4, 0.5) is 14.5 Å². The Labute approximate surface area is 130 Å². The highest BCUT2D eigenvalue weighted by atomic mass is 35.5. The highest BCUT2D eigenvalue weighted by Gasteiger charge is 2.16. The van der Waals surface area contributed by atoms with Crippen LogP contribution in [0.1, 0.15) is 10.4 Å². The van der Waals surface area contributed by atoms with Gasteiger partial charge >= 0.3 is 0 Å². The lowest BCUT2D eigenvalue weighted by atomic mass is 10.1. The van der Waals surface area contributed by atoms with Crippen molar-refractivity contribution in [3.63, 3.8) is 0 Å². The summed E-state index contributed by atoms with van der Waals surface area (Å²) in [6, 6.07) is 5.49. The van der Waals surface area contributed by atoms with Gasteiger partial charge in [0.15, 0.2) is 11.5 Å². The number of ether oxygens (including phenoxy) is 2. The fourth-order valence-corrected chi connectivity index (χ4v) is 2.12. The molecule has 116 valence electrons. The summed E-state index contributed by atoms with van der Waals surface area (Å²) in [5.74, 6) is -1.55. The van der Waals surface area contributed by atoms with E-state index < -0.39 is 17.5 Å². The van der Waals surface area contributed by atoms with Gasteiger partial charge in [-0.25, -0.2) is 8.78 Å². The molecule has 0 saturated carbocycles. The van der Waals surface area contributed by atoms with Crippen LogP contribution in [0.25, 0.3) is 0 Å². The van der Waals surface area contributed by atoms with Gasteiger partial charge < -0.3 is 14.8 Å². The number of nitrogens with one attached hydrogen (secondary N) is 1. The Morgan fingerprint density at radius 2 is 1.86 bits per heavy atom. The molecule has 0 bridgehead atoms. The van der Waals surface area contributed by atoms with Crippen LogP contribution in [0.5, 0.6) is 11.5 Å². The van der Waals surface area contributed by atoms with Gasteiger partial charge in [-0.3, -0.25) is 4.79 Å². The zero-order valence-electron chi connectivity index (χ0n) is 11.7. The van der Waals surface area contributed by atoms with Gasteiger partial charge in [0.2, 0.25) is 0 Å². The standard InChI is InChI=1S/C15H12ClF2NO3/c1-21-13-6-8(5-10(16)14(13)22-2)15(20)19-12-7-9(17)3-4-11(12)18/h3-7H,1-2H3,(H,19,20).